The number of carbonyl (C=O) groups is 1. The van der Waals surface area contributed by atoms with Gasteiger partial charge >= 0.3 is 0 Å². The molecule has 3 rings (SSSR count). The number of sulfonamides is 1. The lowest BCUT2D eigenvalue weighted by Gasteiger charge is -2.41. The average Bonchev–Trinajstić information content (AvgIpc) is 3.21. The van der Waals surface area contributed by atoms with Gasteiger partial charge in [0.25, 0.3) is 0 Å². The minimum atomic E-state index is -3.29. The zero-order valence-electron chi connectivity index (χ0n) is 11.6. The van der Waals surface area contributed by atoms with Gasteiger partial charge in [-0.2, -0.15) is 0 Å². The largest absolute Gasteiger partial charge is 0.306 e. The fraction of sp³-hybridized carbons (Fsp3) is 0.500. The molecule has 0 N–H and O–H groups in total. The van der Waals surface area contributed by atoms with Gasteiger partial charge in [-0.1, -0.05) is 12.1 Å². The lowest BCUT2D eigenvalue weighted by molar-refractivity contribution is -0.117. The molecule has 0 spiro atoms. The van der Waals surface area contributed by atoms with Crippen molar-refractivity contribution in [2.24, 2.45) is 0 Å². The van der Waals surface area contributed by atoms with Crippen LogP contribution in [-0.4, -0.2) is 32.2 Å². The molecule has 1 fully saturated rings. The Hall–Kier alpha value is -1.56. The Morgan fingerprint density at radius 3 is 2.35 bits per heavy atom. The van der Waals surface area contributed by atoms with Crippen molar-refractivity contribution < 1.29 is 13.2 Å². The minimum Gasteiger partial charge on any atom is -0.306 e. The summed E-state index contributed by atoms with van der Waals surface area (Å²) in [5.74, 6) is -0.0616. The van der Waals surface area contributed by atoms with E-state index in [1.807, 2.05) is 25.1 Å². The zero-order chi connectivity index (χ0) is 14.5. The Bertz CT molecular complexity index is 652. The Balaban J connectivity index is 2.11. The highest BCUT2D eigenvalue weighted by Crippen LogP contribution is 2.41. The van der Waals surface area contributed by atoms with Crippen molar-refractivity contribution in [1.29, 1.82) is 0 Å². The molecular weight excluding hydrogens is 276 g/mol. The monoisotopic (exact) mass is 294 g/mol. The van der Waals surface area contributed by atoms with Gasteiger partial charge in [-0.25, -0.2) is 8.42 Å². The van der Waals surface area contributed by atoms with Crippen molar-refractivity contribution in [3.05, 3.63) is 24.3 Å². The second-order valence-electron chi connectivity index (χ2n) is 5.50. The highest BCUT2D eigenvalue weighted by molar-refractivity contribution is 7.93. The molecule has 1 amide bonds. The van der Waals surface area contributed by atoms with Crippen LogP contribution in [0.4, 0.5) is 11.4 Å². The number of benzene rings is 1. The number of para-hydroxylation sites is 2. The van der Waals surface area contributed by atoms with Crippen molar-refractivity contribution in [2.75, 3.05) is 15.7 Å². The molecule has 1 aromatic carbocycles. The molecule has 2 aliphatic rings. The van der Waals surface area contributed by atoms with Gasteiger partial charge in [-0.15, -0.1) is 0 Å². The van der Waals surface area contributed by atoms with Crippen LogP contribution in [0.3, 0.4) is 0 Å². The maximum Gasteiger partial charge on any atom is 0.238 e. The van der Waals surface area contributed by atoms with Crippen molar-refractivity contribution in [3.8, 4) is 0 Å². The van der Waals surface area contributed by atoms with Gasteiger partial charge in [0.15, 0.2) is 0 Å². The van der Waals surface area contributed by atoms with Crippen LogP contribution in [0, 0.1) is 0 Å². The Morgan fingerprint density at radius 2 is 1.80 bits per heavy atom. The molecule has 1 aromatic rings. The third-order valence-electron chi connectivity index (χ3n) is 3.87. The highest BCUT2D eigenvalue weighted by atomic mass is 32.2. The molecule has 1 aliphatic carbocycles. The first-order chi connectivity index (χ1) is 9.43. The van der Waals surface area contributed by atoms with E-state index in [1.54, 1.807) is 11.0 Å². The molecule has 1 aliphatic heterocycles. The molecule has 108 valence electrons. The van der Waals surface area contributed by atoms with Crippen LogP contribution in [0.1, 0.15) is 26.7 Å². The third-order valence-corrected chi connectivity index (χ3v) is 6.15. The summed E-state index contributed by atoms with van der Waals surface area (Å²) in [5, 5.41) is -0.244. The van der Waals surface area contributed by atoms with E-state index in [4.69, 9.17) is 0 Å². The van der Waals surface area contributed by atoms with Crippen molar-refractivity contribution in [1.82, 2.24) is 0 Å². The van der Waals surface area contributed by atoms with Gasteiger partial charge < -0.3 is 4.90 Å². The summed E-state index contributed by atoms with van der Waals surface area (Å²) in [6.07, 6.45) is 1.48. The van der Waals surface area contributed by atoms with E-state index in [9.17, 15) is 13.2 Å². The molecule has 1 heterocycles. The quantitative estimate of drug-likeness (QED) is 0.835. The van der Waals surface area contributed by atoms with Crippen LogP contribution in [0.2, 0.25) is 0 Å². The number of anilines is 2. The van der Waals surface area contributed by atoms with Crippen molar-refractivity contribution >= 4 is 27.3 Å². The van der Waals surface area contributed by atoms with E-state index >= 15 is 0 Å². The first-order valence-corrected chi connectivity index (χ1v) is 8.33. The summed E-state index contributed by atoms with van der Waals surface area (Å²) in [6, 6.07) is 7.06. The average molecular weight is 294 g/mol. The van der Waals surface area contributed by atoms with E-state index in [0.29, 0.717) is 17.9 Å². The number of hydrogen-bond acceptors (Lipinski definition) is 3. The SMILES string of the molecule is CC(=O)N1c2ccccc2N(S(=O)(=O)C2CC2)C[C@@H]1C. The lowest BCUT2D eigenvalue weighted by Crippen LogP contribution is -2.52. The molecule has 0 saturated heterocycles. The molecule has 0 radical (unpaired) electrons. The summed E-state index contributed by atoms with van der Waals surface area (Å²) in [5.41, 5.74) is 1.30. The molecule has 20 heavy (non-hydrogen) atoms. The topological polar surface area (TPSA) is 57.7 Å². The number of rotatable bonds is 2. The van der Waals surface area contributed by atoms with Crippen LogP contribution >= 0.6 is 0 Å². The van der Waals surface area contributed by atoms with Gasteiger partial charge in [-0.05, 0) is 31.9 Å². The number of fused-ring (bicyclic) bond motifs is 1. The van der Waals surface area contributed by atoms with E-state index in [0.717, 1.165) is 12.8 Å². The summed E-state index contributed by atoms with van der Waals surface area (Å²) in [4.78, 5) is 13.5. The summed E-state index contributed by atoms with van der Waals surface area (Å²) in [6.45, 7) is 3.72. The number of nitrogens with zero attached hydrogens (tertiary/aromatic N) is 2. The second kappa shape index (κ2) is 4.48. The van der Waals surface area contributed by atoms with Gasteiger partial charge in [0.2, 0.25) is 15.9 Å². The number of amides is 1. The second-order valence-corrected chi connectivity index (χ2v) is 7.64. The van der Waals surface area contributed by atoms with E-state index in [2.05, 4.69) is 0 Å². The molecule has 5 nitrogen and oxygen atoms in total. The predicted molar refractivity (Wildman–Crippen MR) is 78.4 cm³/mol. The van der Waals surface area contributed by atoms with Crippen LogP contribution in [0.5, 0.6) is 0 Å². The van der Waals surface area contributed by atoms with E-state index in [-0.39, 0.29) is 17.2 Å². The van der Waals surface area contributed by atoms with Gasteiger partial charge in [-0.3, -0.25) is 9.10 Å². The Morgan fingerprint density at radius 1 is 1.20 bits per heavy atom. The highest BCUT2D eigenvalue weighted by Gasteiger charge is 2.44. The van der Waals surface area contributed by atoms with Crippen LogP contribution in [0.15, 0.2) is 24.3 Å². The minimum absolute atomic E-state index is 0.0616. The molecule has 1 atom stereocenters. The predicted octanol–water partition coefficient (Wildman–Crippen LogP) is 1.74. The van der Waals surface area contributed by atoms with Crippen LogP contribution in [-0.2, 0) is 14.8 Å². The first kappa shape index (κ1) is 13.4. The summed E-state index contributed by atoms with van der Waals surface area (Å²) < 4.78 is 26.6. The van der Waals surface area contributed by atoms with Gasteiger partial charge in [0.05, 0.1) is 29.2 Å². The molecule has 0 aromatic heterocycles. The fourth-order valence-electron chi connectivity index (χ4n) is 2.80. The Labute approximate surface area is 119 Å². The maximum atomic E-state index is 12.6. The number of hydrogen-bond donors (Lipinski definition) is 0. The summed E-state index contributed by atoms with van der Waals surface area (Å²) in [7, 11) is -3.29. The Kier molecular flexibility index (Phi) is 3.01. The van der Waals surface area contributed by atoms with Crippen molar-refractivity contribution in [2.45, 2.75) is 38.0 Å². The summed E-state index contributed by atoms with van der Waals surface area (Å²) >= 11 is 0. The van der Waals surface area contributed by atoms with Crippen LogP contribution in [0.25, 0.3) is 0 Å². The molecular formula is C14H18N2O3S. The fourth-order valence-corrected chi connectivity index (χ4v) is 4.75. The molecule has 6 heteroatoms. The van der Waals surface area contributed by atoms with Gasteiger partial charge in [0.1, 0.15) is 0 Å². The standard InChI is InChI=1S/C14H18N2O3S/c1-10-9-15(20(18,19)12-7-8-12)13-5-3-4-6-14(13)16(10)11(2)17/h3-6,10,12H,7-9H2,1-2H3/t10-/m0/s1. The normalized spacial score (nSPS) is 22.6. The molecule has 0 bridgehead atoms. The molecule has 0 unspecified atom stereocenters. The lowest BCUT2D eigenvalue weighted by atomic mass is 10.1. The first-order valence-electron chi connectivity index (χ1n) is 6.83. The smallest absolute Gasteiger partial charge is 0.238 e. The van der Waals surface area contributed by atoms with Crippen LogP contribution < -0.4 is 9.21 Å². The zero-order valence-corrected chi connectivity index (χ0v) is 12.4. The third kappa shape index (κ3) is 1.98. The maximum absolute atomic E-state index is 12.6. The van der Waals surface area contributed by atoms with E-state index in [1.165, 1.54) is 11.2 Å². The number of carbonyl (C=O) groups excluding carboxylic acids is 1. The molecule has 1 saturated carbocycles. The van der Waals surface area contributed by atoms with Crippen molar-refractivity contribution in [3.63, 3.8) is 0 Å². The van der Waals surface area contributed by atoms with Gasteiger partial charge in [0, 0.05) is 6.92 Å². The van der Waals surface area contributed by atoms with E-state index < -0.39 is 10.0 Å².